The molecular formula is C36H40FN3O6. The zero-order valence-electron chi connectivity index (χ0n) is 26.3. The Morgan fingerprint density at radius 3 is 1.96 bits per heavy atom. The molecule has 9 nitrogen and oxygen atoms in total. The summed E-state index contributed by atoms with van der Waals surface area (Å²) in [7, 11) is 0. The summed E-state index contributed by atoms with van der Waals surface area (Å²) in [6.07, 6.45) is -0.255. The molecule has 0 aliphatic heterocycles. The summed E-state index contributed by atoms with van der Waals surface area (Å²) in [5, 5.41) is 5.01. The second-order valence-electron chi connectivity index (χ2n) is 12.1. The Morgan fingerprint density at radius 2 is 1.37 bits per heavy atom. The van der Waals surface area contributed by atoms with Crippen LogP contribution in [0.5, 0.6) is 0 Å². The van der Waals surface area contributed by atoms with Crippen molar-refractivity contribution in [2.45, 2.75) is 65.0 Å². The van der Waals surface area contributed by atoms with E-state index in [0.29, 0.717) is 11.1 Å². The number of rotatable bonds is 17. The molecule has 1 unspecified atom stereocenters. The SMILES string of the molecule is CC(NC(=O)[C@@H](CC(=O)Cc1ccccc1)Cc1cccc(F)c1)C(=O)C(=O)N[C@@H](Cc1ccccc1)C(=O)CC(C)(C)C(N)=O. The number of primary amides is 1. The van der Waals surface area contributed by atoms with E-state index >= 15 is 0 Å². The summed E-state index contributed by atoms with van der Waals surface area (Å²) < 4.78 is 13.9. The van der Waals surface area contributed by atoms with Crippen LogP contribution in [0.3, 0.4) is 0 Å². The van der Waals surface area contributed by atoms with E-state index in [2.05, 4.69) is 10.6 Å². The zero-order valence-corrected chi connectivity index (χ0v) is 26.3. The number of benzene rings is 3. The molecule has 0 saturated heterocycles. The van der Waals surface area contributed by atoms with Crippen molar-refractivity contribution >= 4 is 35.1 Å². The van der Waals surface area contributed by atoms with Gasteiger partial charge in [0.1, 0.15) is 11.6 Å². The fraction of sp³-hybridized carbons (Fsp3) is 0.333. The Bertz CT molecular complexity index is 1560. The van der Waals surface area contributed by atoms with Crippen LogP contribution in [0.2, 0.25) is 0 Å². The quantitative estimate of drug-likeness (QED) is 0.195. The summed E-state index contributed by atoms with van der Waals surface area (Å²) in [6, 6.07) is 21.1. The highest BCUT2D eigenvalue weighted by atomic mass is 19.1. The fourth-order valence-corrected chi connectivity index (χ4v) is 4.94. The lowest BCUT2D eigenvalue weighted by molar-refractivity contribution is -0.141. The molecule has 0 bridgehead atoms. The van der Waals surface area contributed by atoms with E-state index in [-0.39, 0.29) is 37.9 Å². The minimum atomic E-state index is -1.30. The normalized spacial score (nSPS) is 13.1. The van der Waals surface area contributed by atoms with Gasteiger partial charge in [-0.05, 0) is 48.6 Å². The summed E-state index contributed by atoms with van der Waals surface area (Å²) in [4.78, 5) is 77.7. The van der Waals surface area contributed by atoms with Crippen molar-refractivity contribution in [2.24, 2.45) is 17.1 Å². The van der Waals surface area contributed by atoms with Gasteiger partial charge < -0.3 is 16.4 Å². The number of carbonyl (C=O) groups excluding carboxylic acids is 6. The van der Waals surface area contributed by atoms with Crippen LogP contribution in [0.1, 0.15) is 50.3 Å². The largest absolute Gasteiger partial charge is 0.369 e. The average Bonchev–Trinajstić information content (AvgIpc) is 3.00. The number of Topliss-reactive ketones (excluding diaryl/α,β-unsaturated/α-hetero) is 3. The maximum atomic E-state index is 13.9. The number of ketones is 3. The minimum Gasteiger partial charge on any atom is -0.369 e. The lowest BCUT2D eigenvalue weighted by Crippen LogP contribution is -2.52. The van der Waals surface area contributed by atoms with Gasteiger partial charge in [-0.2, -0.15) is 0 Å². The van der Waals surface area contributed by atoms with E-state index in [1.807, 2.05) is 6.07 Å². The molecule has 0 aliphatic carbocycles. The molecule has 0 heterocycles. The molecule has 0 aliphatic rings. The standard InChI is InChI=1S/C36H40FN3O6/c1-23(32(43)34(45)40-30(20-25-13-8-5-9-14-25)31(42)22-36(2,3)35(38)46)39-33(44)27(17-26-15-10-16-28(37)18-26)21-29(41)19-24-11-6-4-7-12-24/h4-16,18,23,27,30H,17,19-22H2,1-3H3,(H2,38,46)(H,39,44)(H,40,45)/t23?,27-,30+/m1/s1. The highest BCUT2D eigenvalue weighted by Gasteiger charge is 2.34. The number of hydrogen-bond acceptors (Lipinski definition) is 6. The summed E-state index contributed by atoms with van der Waals surface area (Å²) >= 11 is 0. The molecule has 3 aromatic carbocycles. The van der Waals surface area contributed by atoms with Crippen LogP contribution in [-0.4, -0.2) is 47.2 Å². The predicted molar refractivity (Wildman–Crippen MR) is 171 cm³/mol. The lowest BCUT2D eigenvalue weighted by Gasteiger charge is -2.24. The second-order valence-corrected chi connectivity index (χ2v) is 12.1. The van der Waals surface area contributed by atoms with E-state index in [0.717, 1.165) is 5.56 Å². The number of nitrogens with one attached hydrogen (secondary N) is 2. The highest BCUT2D eigenvalue weighted by molar-refractivity contribution is 6.38. The van der Waals surface area contributed by atoms with Gasteiger partial charge in [-0.1, -0.05) is 86.6 Å². The second kappa shape index (κ2) is 16.4. The molecule has 0 aromatic heterocycles. The number of amides is 3. The molecule has 0 radical (unpaired) electrons. The maximum absolute atomic E-state index is 13.9. The molecule has 0 spiro atoms. The number of nitrogens with two attached hydrogens (primary N) is 1. The van der Waals surface area contributed by atoms with Crippen molar-refractivity contribution in [3.63, 3.8) is 0 Å². The van der Waals surface area contributed by atoms with E-state index in [4.69, 9.17) is 5.73 Å². The van der Waals surface area contributed by atoms with Crippen LogP contribution in [-0.2, 0) is 48.0 Å². The third-order valence-corrected chi connectivity index (χ3v) is 7.70. The molecule has 3 aromatic rings. The monoisotopic (exact) mass is 629 g/mol. The molecule has 3 amide bonds. The molecule has 10 heteroatoms. The number of hydrogen-bond donors (Lipinski definition) is 3. The van der Waals surface area contributed by atoms with E-state index in [9.17, 15) is 33.2 Å². The van der Waals surface area contributed by atoms with E-state index < -0.39 is 58.5 Å². The van der Waals surface area contributed by atoms with Crippen LogP contribution >= 0.6 is 0 Å². The first-order valence-corrected chi connectivity index (χ1v) is 15.1. The van der Waals surface area contributed by atoms with Gasteiger partial charge in [-0.3, -0.25) is 28.8 Å². The first-order valence-electron chi connectivity index (χ1n) is 15.1. The third-order valence-electron chi connectivity index (χ3n) is 7.70. The van der Waals surface area contributed by atoms with Gasteiger partial charge in [0.25, 0.3) is 5.91 Å². The molecule has 0 saturated carbocycles. The summed E-state index contributed by atoms with van der Waals surface area (Å²) in [6.45, 7) is 4.36. The third kappa shape index (κ3) is 10.9. The van der Waals surface area contributed by atoms with Crippen LogP contribution in [0, 0.1) is 17.2 Å². The first-order chi connectivity index (χ1) is 21.7. The van der Waals surface area contributed by atoms with Crippen LogP contribution in [0.25, 0.3) is 0 Å². The lowest BCUT2D eigenvalue weighted by atomic mass is 9.84. The Hall–Kier alpha value is -4.99. The smallest absolute Gasteiger partial charge is 0.290 e. The Morgan fingerprint density at radius 1 is 0.783 bits per heavy atom. The predicted octanol–water partition coefficient (Wildman–Crippen LogP) is 3.46. The Labute approximate surface area is 268 Å². The molecule has 0 fully saturated rings. The number of halogens is 1. The first kappa shape index (κ1) is 35.5. The van der Waals surface area contributed by atoms with Crippen molar-refractivity contribution < 1.29 is 33.2 Å². The van der Waals surface area contributed by atoms with Crippen LogP contribution in [0.4, 0.5) is 4.39 Å². The van der Waals surface area contributed by atoms with Crippen molar-refractivity contribution in [2.75, 3.05) is 0 Å². The van der Waals surface area contributed by atoms with Crippen molar-refractivity contribution in [1.29, 1.82) is 0 Å². The molecule has 3 rings (SSSR count). The van der Waals surface area contributed by atoms with Gasteiger partial charge in [0.2, 0.25) is 17.6 Å². The maximum Gasteiger partial charge on any atom is 0.290 e. The van der Waals surface area contributed by atoms with Crippen molar-refractivity contribution in [1.82, 2.24) is 10.6 Å². The van der Waals surface area contributed by atoms with Crippen molar-refractivity contribution in [3.05, 3.63) is 107 Å². The Kier molecular flexibility index (Phi) is 12.6. The average molecular weight is 630 g/mol. The summed E-state index contributed by atoms with van der Waals surface area (Å²) in [5.41, 5.74) is 6.24. The molecule has 4 N–H and O–H groups in total. The van der Waals surface area contributed by atoms with Crippen LogP contribution < -0.4 is 16.4 Å². The van der Waals surface area contributed by atoms with E-state index in [1.165, 1.54) is 39.0 Å². The molecule has 46 heavy (non-hydrogen) atoms. The highest BCUT2D eigenvalue weighted by Crippen LogP contribution is 2.22. The van der Waals surface area contributed by atoms with Gasteiger partial charge in [-0.15, -0.1) is 0 Å². The van der Waals surface area contributed by atoms with Gasteiger partial charge in [0.05, 0.1) is 17.5 Å². The molecule has 242 valence electrons. The van der Waals surface area contributed by atoms with Gasteiger partial charge in [0.15, 0.2) is 5.78 Å². The molecule has 3 atom stereocenters. The van der Waals surface area contributed by atoms with Gasteiger partial charge in [0, 0.05) is 25.2 Å². The van der Waals surface area contributed by atoms with E-state index in [1.54, 1.807) is 60.7 Å². The number of carbonyl (C=O) groups is 6. The summed E-state index contributed by atoms with van der Waals surface area (Å²) in [5.74, 6) is -5.59. The molecular weight excluding hydrogens is 589 g/mol. The van der Waals surface area contributed by atoms with Crippen molar-refractivity contribution in [3.8, 4) is 0 Å². The van der Waals surface area contributed by atoms with Gasteiger partial charge >= 0.3 is 0 Å². The van der Waals surface area contributed by atoms with Crippen LogP contribution in [0.15, 0.2) is 84.9 Å². The van der Waals surface area contributed by atoms with Gasteiger partial charge in [-0.25, -0.2) is 4.39 Å². The minimum absolute atomic E-state index is 0.0283. The zero-order chi connectivity index (χ0) is 33.9. The Balaban J connectivity index is 1.73. The fourth-order valence-electron chi connectivity index (χ4n) is 4.94. The topological polar surface area (TPSA) is 152 Å².